The smallest absolute Gasteiger partial charge is 0.249 e. The molecule has 2 rings (SSSR count). The van der Waals surface area contributed by atoms with E-state index >= 15 is 0 Å². The van der Waals surface area contributed by atoms with Crippen molar-refractivity contribution >= 4 is 11.8 Å². The van der Waals surface area contributed by atoms with Crippen LogP contribution in [0.5, 0.6) is 0 Å². The van der Waals surface area contributed by atoms with Gasteiger partial charge in [-0.2, -0.15) is 4.98 Å². The number of nitrogens with zero attached hydrogens (tertiary/aromatic N) is 3. The average molecular weight is 294 g/mol. The summed E-state index contributed by atoms with van der Waals surface area (Å²) in [6, 6.07) is -0.512. The summed E-state index contributed by atoms with van der Waals surface area (Å²) in [7, 11) is 0. The summed E-state index contributed by atoms with van der Waals surface area (Å²) in [6.07, 6.45) is 2.34. The van der Waals surface area contributed by atoms with Crippen LogP contribution in [0.15, 0.2) is 10.9 Å². The van der Waals surface area contributed by atoms with Gasteiger partial charge in [0.2, 0.25) is 18.2 Å². The number of hydrogen-bond donors (Lipinski definition) is 1. The van der Waals surface area contributed by atoms with Crippen molar-refractivity contribution in [1.29, 1.82) is 0 Å². The Kier molecular flexibility index (Phi) is 4.29. The first kappa shape index (κ1) is 15.5. The first-order chi connectivity index (χ1) is 9.95. The lowest BCUT2D eigenvalue weighted by atomic mass is 9.85. The number of amides is 2. The van der Waals surface area contributed by atoms with E-state index in [9.17, 15) is 9.59 Å². The van der Waals surface area contributed by atoms with Crippen LogP contribution in [0, 0.1) is 5.92 Å². The molecule has 2 heterocycles. The molecule has 1 aromatic rings. The molecule has 116 valence electrons. The molecule has 0 bridgehead atoms. The van der Waals surface area contributed by atoms with E-state index in [1.165, 1.54) is 6.39 Å². The zero-order valence-corrected chi connectivity index (χ0v) is 12.9. The second kappa shape index (κ2) is 5.83. The molecule has 0 saturated carbocycles. The van der Waals surface area contributed by atoms with Gasteiger partial charge in [0.25, 0.3) is 0 Å². The summed E-state index contributed by atoms with van der Waals surface area (Å²) in [5.41, 5.74) is -0.827. The van der Waals surface area contributed by atoms with E-state index in [0.717, 1.165) is 0 Å². The molecule has 1 saturated heterocycles. The van der Waals surface area contributed by atoms with Crippen molar-refractivity contribution in [2.24, 2.45) is 5.92 Å². The van der Waals surface area contributed by atoms with Crippen LogP contribution < -0.4 is 5.32 Å². The maximum Gasteiger partial charge on any atom is 0.249 e. The van der Waals surface area contributed by atoms with E-state index in [0.29, 0.717) is 18.7 Å². The number of hydrogen-bond acceptors (Lipinski definition) is 5. The lowest BCUT2D eigenvalue weighted by Gasteiger charge is -2.46. The molecular formula is C14H22N4O3. The molecule has 1 aliphatic heterocycles. The topological polar surface area (TPSA) is 88.3 Å². The minimum atomic E-state index is -0.827. The van der Waals surface area contributed by atoms with Gasteiger partial charge in [-0.15, -0.1) is 0 Å². The van der Waals surface area contributed by atoms with Crippen LogP contribution in [0.1, 0.15) is 46.4 Å². The predicted octanol–water partition coefficient (Wildman–Crippen LogP) is 1.11. The van der Waals surface area contributed by atoms with Crippen LogP contribution in [0.25, 0.3) is 0 Å². The fourth-order valence-electron chi connectivity index (χ4n) is 2.88. The summed E-state index contributed by atoms with van der Waals surface area (Å²) in [4.78, 5) is 30.9. The van der Waals surface area contributed by atoms with Gasteiger partial charge in [-0.3, -0.25) is 9.59 Å². The van der Waals surface area contributed by atoms with Crippen LogP contribution in [-0.2, 0) is 16.1 Å². The van der Waals surface area contributed by atoms with Crippen LogP contribution >= 0.6 is 0 Å². The zero-order valence-electron chi connectivity index (χ0n) is 12.9. The largest absolute Gasteiger partial charge is 0.343 e. The molecule has 1 fully saturated rings. The SMILES string of the molecule is CCC1(CC)NC(=O)C(C(C)C)N(Cc2ncon2)C1=O. The number of carbonyl (C=O) groups excluding carboxylic acids is 2. The highest BCUT2D eigenvalue weighted by atomic mass is 16.5. The van der Waals surface area contributed by atoms with Crippen molar-refractivity contribution in [2.45, 2.75) is 58.7 Å². The Hall–Kier alpha value is -1.92. The summed E-state index contributed by atoms with van der Waals surface area (Å²) >= 11 is 0. The summed E-state index contributed by atoms with van der Waals surface area (Å²) in [5, 5.41) is 6.68. The third kappa shape index (κ3) is 2.64. The van der Waals surface area contributed by atoms with Gasteiger partial charge in [0, 0.05) is 0 Å². The standard InChI is InChI=1S/C14H22N4O3/c1-5-14(6-2)13(20)18(7-10-15-8-21-17-10)11(9(3)4)12(19)16-14/h8-9,11H,5-7H2,1-4H3,(H,16,19). The average Bonchev–Trinajstić information content (AvgIpc) is 2.95. The quantitative estimate of drug-likeness (QED) is 0.879. The van der Waals surface area contributed by atoms with Crippen molar-refractivity contribution < 1.29 is 14.1 Å². The van der Waals surface area contributed by atoms with Crippen molar-refractivity contribution in [1.82, 2.24) is 20.4 Å². The highest BCUT2D eigenvalue weighted by Gasteiger charge is 2.49. The molecule has 1 unspecified atom stereocenters. The van der Waals surface area contributed by atoms with Crippen LogP contribution in [0.2, 0.25) is 0 Å². The molecule has 0 radical (unpaired) electrons. The first-order valence-electron chi connectivity index (χ1n) is 7.33. The third-order valence-electron chi connectivity index (χ3n) is 4.19. The van der Waals surface area contributed by atoms with E-state index in [-0.39, 0.29) is 24.3 Å². The Morgan fingerprint density at radius 2 is 2.05 bits per heavy atom. The van der Waals surface area contributed by atoms with Crippen molar-refractivity contribution in [3.8, 4) is 0 Å². The first-order valence-corrected chi connectivity index (χ1v) is 7.33. The lowest BCUT2D eigenvalue weighted by Crippen LogP contribution is -2.70. The lowest BCUT2D eigenvalue weighted by molar-refractivity contribution is -0.158. The van der Waals surface area contributed by atoms with E-state index in [4.69, 9.17) is 4.52 Å². The molecule has 2 amide bonds. The molecule has 1 atom stereocenters. The molecule has 0 spiro atoms. The van der Waals surface area contributed by atoms with Crippen LogP contribution in [0.4, 0.5) is 0 Å². The van der Waals surface area contributed by atoms with Crippen molar-refractivity contribution in [3.63, 3.8) is 0 Å². The molecule has 21 heavy (non-hydrogen) atoms. The summed E-state index contributed by atoms with van der Waals surface area (Å²) in [6.45, 7) is 7.85. The number of aromatic nitrogens is 2. The molecule has 1 aromatic heterocycles. The third-order valence-corrected chi connectivity index (χ3v) is 4.19. The van der Waals surface area contributed by atoms with Gasteiger partial charge in [0.05, 0.1) is 6.54 Å². The maximum absolute atomic E-state index is 12.9. The van der Waals surface area contributed by atoms with Crippen molar-refractivity contribution in [3.05, 3.63) is 12.2 Å². The number of nitrogens with one attached hydrogen (secondary N) is 1. The Bertz CT molecular complexity index is 508. The monoisotopic (exact) mass is 294 g/mol. The normalized spacial score (nSPS) is 21.8. The van der Waals surface area contributed by atoms with Gasteiger partial charge in [-0.1, -0.05) is 32.9 Å². The van der Waals surface area contributed by atoms with Gasteiger partial charge in [-0.25, -0.2) is 0 Å². The van der Waals surface area contributed by atoms with Crippen molar-refractivity contribution in [2.75, 3.05) is 0 Å². The number of carbonyl (C=O) groups is 2. The molecular weight excluding hydrogens is 272 g/mol. The summed E-state index contributed by atoms with van der Waals surface area (Å²) in [5.74, 6) is 0.227. The predicted molar refractivity (Wildman–Crippen MR) is 74.9 cm³/mol. The second-order valence-corrected chi connectivity index (χ2v) is 5.75. The van der Waals surface area contributed by atoms with Gasteiger partial charge in [0.1, 0.15) is 11.6 Å². The highest BCUT2D eigenvalue weighted by molar-refractivity contribution is 5.99. The molecule has 0 aromatic carbocycles. The Morgan fingerprint density at radius 1 is 1.38 bits per heavy atom. The Labute approximate surface area is 124 Å². The zero-order chi connectivity index (χ0) is 15.6. The molecule has 1 N–H and O–H groups in total. The fraction of sp³-hybridized carbons (Fsp3) is 0.714. The van der Waals surface area contributed by atoms with Gasteiger partial charge >= 0.3 is 0 Å². The Balaban J connectivity index is 2.37. The molecule has 7 heteroatoms. The van der Waals surface area contributed by atoms with E-state index in [1.807, 2.05) is 27.7 Å². The molecule has 1 aliphatic rings. The fourth-order valence-corrected chi connectivity index (χ4v) is 2.88. The van der Waals surface area contributed by atoms with Gasteiger partial charge in [-0.05, 0) is 18.8 Å². The number of piperazine rings is 1. The van der Waals surface area contributed by atoms with E-state index in [1.54, 1.807) is 4.90 Å². The highest BCUT2D eigenvalue weighted by Crippen LogP contribution is 2.28. The van der Waals surface area contributed by atoms with Gasteiger partial charge < -0.3 is 14.7 Å². The van der Waals surface area contributed by atoms with Crippen LogP contribution in [0.3, 0.4) is 0 Å². The molecule has 7 nitrogen and oxygen atoms in total. The van der Waals surface area contributed by atoms with Crippen LogP contribution in [-0.4, -0.2) is 38.4 Å². The maximum atomic E-state index is 12.9. The van der Waals surface area contributed by atoms with Gasteiger partial charge in [0.15, 0.2) is 5.82 Å². The second-order valence-electron chi connectivity index (χ2n) is 5.75. The van der Waals surface area contributed by atoms with E-state index < -0.39 is 11.6 Å². The Morgan fingerprint density at radius 3 is 2.52 bits per heavy atom. The van der Waals surface area contributed by atoms with E-state index in [2.05, 4.69) is 15.5 Å². The number of rotatable bonds is 5. The summed E-state index contributed by atoms with van der Waals surface area (Å²) < 4.78 is 4.72. The minimum Gasteiger partial charge on any atom is -0.343 e. The molecule has 0 aliphatic carbocycles. The minimum absolute atomic E-state index is 0.00700.